The predicted molar refractivity (Wildman–Crippen MR) is 125 cm³/mol. The zero-order valence-corrected chi connectivity index (χ0v) is 19.0. The van der Waals surface area contributed by atoms with Gasteiger partial charge in [0, 0.05) is 42.8 Å². The molecule has 1 aliphatic heterocycles. The van der Waals surface area contributed by atoms with Gasteiger partial charge >= 0.3 is 0 Å². The molecule has 3 aromatic rings. The predicted octanol–water partition coefficient (Wildman–Crippen LogP) is 3.33. The van der Waals surface area contributed by atoms with Gasteiger partial charge in [-0.3, -0.25) is 19.6 Å². The number of hydrogen-bond donors (Lipinski definition) is 2. The Bertz CT molecular complexity index is 1230. The number of nitro benzene ring substituents is 1. The maximum absolute atomic E-state index is 13.9. The Labute approximate surface area is 195 Å². The van der Waals surface area contributed by atoms with E-state index in [1.165, 1.54) is 0 Å². The van der Waals surface area contributed by atoms with Gasteiger partial charge in [0.2, 0.25) is 0 Å². The third kappa shape index (κ3) is 5.49. The van der Waals surface area contributed by atoms with E-state index in [4.69, 9.17) is 4.74 Å². The Balaban J connectivity index is 1.69. The molecule has 11 heteroatoms. The number of nitrogens with one attached hydrogen (secondary N) is 1. The number of aryl methyl sites for hydroxylation is 1. The number of fused-ring (bicyclic) bond motifs is 1. The number of rotatable bonds is 7. The number of nitrogens with zero attached hydrogens (tertiary/aromatic N) is 4. The SMILES string of the molecule is CC(C)(O)CCn1cc2cc(NC(=O)c3cc(F)cc([N+](=O)[O-])c3)c(N3CCOCC3)cc2n1. The minimum absolute atomic E-state index is 0.152. The van der Waals surface area contributed by atoms with Crippen molar-refractivity contribution < 1.29 is 24.0 Å². The largest absolute Gasteiger partial charge is 0.390 e. The van der Waals surface area contributed by atoms with Gasteiger partial charge in [-0.2, -0.15) is 5.10 Å². The number of nitro groups is 1. The summed E-state index contributed by atoms with van der Waals surface area (Å²) in [7, 11) is 0. The molecule has 1 aromatic heterocycles. The highest BCUT2D eigenvalue weighted by Gasteiger charge is 2.21. The van der Waals surface area contributed by atoms with E-state index in [2.05, 4.69) is 15.3 Å². The number of non-ortho nitro benzene ring substituents is 1. The first kappa shape index (κ1) is 23.6. The van der Waals surface area contributed by atoms with Gasteiger partial charge in [-0.1, -0.05) is 0 Å². The molecule has 2 N–H and O–H groups in total. The Hall–Kier alpha value is -3.57. The number of hydrogen-bond acceptors (Lipinski definition) is 7. The number of anilines is 2. The maximum atomic E-state index is 13.9. The van der Waals surface area contributed by atoms with Gasteiger partial charge in [-0.05, 0) is 38.5 Å². The van der Waals surface area contributed by atoms with Crippen molar-refractivity contribution in [3.8, 4) is 0 Å². The monoisotopic (exact) mass is 471 g/mol. The highest BCUT2D eigenvalue weighted by atomic mass is 19.1. The average Bonchev–Trinajstić information content (AvgIpc) is 3.18. The van der Waals surface area contributed by atoms with Crippen LogP contribution in [0.25, 0.3) is 10.9 Å². The van der Waals surface area contributed by atoms with Crippen molar-refractivity contribution in [2.75, 3.05) is 36.5 Å². The topological polar surface area (TPSA) is 123 Å². The molecule has 0 bridgehead atoms. The van der Waals surface area contributed by atoms with E-state index in [0.717, 1.165) is 34.8 Å². The Morgan fingerprint density at radius 1 is 1.26 bits per heavy atom. The summed E-state index contributed by atoms with van der Waals surface area (Å²) in [5.41, 5.74) is 0.444. The first-order valence-electron chi connectivity index (χ1n) is 10.9. The second-order valence-electron chi connectivity index (χ2n) is 8.89. The molecule has 1 amide bonds. The zero-order valence-electron chi connectivity index (χ0n) is 19.0. The summed E-state index contributed by atoms with van der Waals surface area (Å²) >= 11 is 0. The zero-order chi connectivity index (χ0) is 24.5. The first-order chi connectivity index (χ1) is 16.1. The number of carbonyl (C=O) groups excluding carboxylic acids is 1. The molecular weight excluding hydrogens is 445 g/mol. The lowest BCUT2D eigenvalue weighted by Gasteiger charge is -2.30. The van der Waals surface area contributed by atoms with Crippen molar-refractivity contribution in [1.82, 2.24) is 9.78 Å². The van der Waals surface area contributed by atoms with Gasteiger partial charge in [0.05, 0.1) is 46.7 Å². The summed E-state index contributed by atoms with van der Waals surface area (Å²) < 4.78 is 21.1. The lowest BCUT2D eigenvalue weighted by atomic mass is 10.1. The van der Waals surface area contributed by atoms with Crippen LogP contribution >= 0.6 is 0 Å². The Morgan fingerprint density at radius 3 is 2.68 bits per heavy atom. The molecule has 0 unspecified atom stereocenters. The standard InChI is InChI=1S/C23H26FN5O5/c1-23(2,31)3-4-28-14-16-11-20(21(13-19(16)26-28)27-5-7-34-8-6-27)25-22(30)15-9-17(24)12-18(10-15)29(32)33/h9-14,31H,3-8H2,1-2H3,(H,25,30). The van der Waals surface area contributed by atoms with Gasteiger partial charge in [-0.25, -0.2) is 4.39 Å². The van der Waals surface area contributed by atoms with Crippen LogP contribution in [0.4, 0.5) is 21.5 Å². The maximum Gasteiger partial charge on any atom is 0.273 e. The highest BCUT2D eigenvalue weighted by molar-refractivity contribution is 6.07. The second kappa shape index (κ2) is 9.35. The van der Waals surface area contributed by atoms with Gasteiger partial charge in [0.25, 0.3) is 11.6 Å². The van der Waals surface area contributed by atoms with Crippen LogP contribution in [-0.4, -0.2) is 57.6 Å². The fraction of sp³-hybridized carbons (Fsp3) is 0.391. The van der Waals surface area contributed by atoms with Crippen LogP contribution in [0.1, 0.15) is 30.6 Å². The Morgan fingerprint density at radius 2 is 2.00 bits per heavy atom. The minimum atomic E-state index is -0.865. The van der Waals surface area contributed by atoms with E-state index in [9.17, 15) is 24.4 Å². The Kier molecular flexibility index (Phi) is 6.49. The second-order valence-corrected chi connectivity index (χ2v) is 8.89. The van der Waals surface area contributed by atoms with Crippen LogP contribution in [0.15, 0.2) is 36.5 Å². The van der Waals surface area contributed by atoms with Crippen molar-refractivity contribution in [2.45, 2.75) is 32.4 Å². The molecule has 0 radical (unpaired) electrons. The minimum Gasteiger partial charge on any atom is -0.390 e. The van der Waals surface area contributed by atoms with Crippen molar-refractivity contribution in [1.29, 1.82) is 0 Å². The molecule has 0 atom stereocenters. The molecule has 180 valence electrons. The number of ether oxygens (including phenoxy) is 1. The van der Waals surface area contributed by atoms with Crippen LogP contribution in [0, 0.1) is 15.9 Å². The van der Waals surface area contributed by atoms with Gasteiger partial charge in [0.15, 0.2) is 0 Å². The van der Waals surface area contributed by atoms with E-state index in [1.807, 2.05) is 12.3 Å². The number of aliphatic hydroxyl groups is 1. The van der Waals surface area contributed by atoms with Gasteiger partial charge in [0.1, 0.15) is 5.82 Å². The van der Waals surface area contributed by atoms with Crippen LogP contribution in [0.2, 0.25) is 0 Å². The van der Waals surface area contributed by atoms with Gasteiger partial charge < -0.3 is 20.1 Å². The number of amides is 1. The van der Waals surface area contributed by atoms with Crippen LogP contribution in [0.3, 0.4) is 0 Å². The molecule has 0 aliphatic carbocycles. The lowest BCUT2D eigenvalue weighted by molar-refractivity contribution is -0.385. The third-order valence-electron chi connectivity index (χ3n) is 5.58. The molecule has 1 aliphatic rings. The van der Waals surface area contributed by atoms with Crippen molar-refractivity contribution in [3.63, 3.8) is 0 Å². The molecule has 34 heavy (non-hydrogen) atoms. The summed E-state index contributed by atoms with van der Waals surface area (Å²) in [4.78, 5) is 25.3. The van der Waals surface area contributed by atoms with E-state index in [1.54, 1.807) is 24.6 Å². The van der Waals surface area contributed by atoms with Crippen molar-refractivity contribution in [3.05, 3.63) is 58.0 Å². The summed E-state index contributed by atoms with van der Waals surface area (Å²) in [6, 6.07) is 6.41. The quantitative estimate of drug-likeness (QED) is 0.400. The number of halogens is 1. The van der Waals surface area contributed by atoms with Crippen molar-refractivity contribution in [2.24, 2.45) is 0 Å². The van der Waals surface area contributed by atoms with E-state index in [0.29, 0.717) is 45.0 Å². The highest BCUT2D eigenvalue weighted by Crippen LogP contribution is 2.32. The molecular formula is C23H26FN5O5. The molecule has 10 nitrogen and oxygen atoms in total. The average molecular weight is 471 g/mol. The molecule has 1 fully saturated rings. The van der Waals surface area contributed by atoms with E-state index < -0.39 is 27.9 Å². The molecule has 0 spiro atoms. The van der Waals surface area contributed by atoms with Crippen LogP contribution in [-0.2, 0) is 11.3 Å². The number of morpholine rings is 1. The molecule has 0 saturated carbocycles. The van der Waals surface area contributed by atoms with Crippen LogP contribution in [0.5, 0.6) is 0 Å². The van der Waals surface area contributed by atoms with E-state index >= 15 is 0 Å². The summed E-state index contributed by atoms with van der Waals surface area (Å²) in [5.74, 6) is -1.53. The molecule has 2 heterocycles. The first-order valence-corrected chi connectivity index (χ1v) is 10.9. The van der Waals surface area contributed by atoms with Crippen molar-refractivity contribution >= 4 is 33.9 Å². The summed E-state index contributed by atoms with van der Waals surface area (Å²) in [6.45, 7) is 6.26. The number of carbonyl (C=O) groups is 1. The normalized spacial score (nSPS) is 14.4. The fourth-order valence-electron chi connectivity index (χ4n) is 3.79. The third-order valence-corrected chi connectivity index (χ3v) is 5.58. The lowest BCUT2D eigenvalue weighted by Crippen LogP contribution is -2.36. The molecule has 2 aromatic carbocycles. The van der Waals surface area contributed by atoms with Crippen LogP contribution < -0.4 is 10.2 Å². The fourth-order valence-corrected chi connectivity index (χ4v) is 3.79. The smallest absolute Gasteiger partial charge is 0.273 e. The number of aromatic nitrogens is 2. The molecule has 1 saturated heterocycles. The summed E-state index contributed by atoms with van der Waals surface area (Å²) in [6.07, 6.45) is 2.34. The summed E-state index contributed by atoms with van der Waals surface area (Å²) in [5, 5.41) is 29.3. The van der Waals surface area contributed by atoms with E-state index in [-0.39, 0.29) is 5.56 Å². The number of benzene rings is 2. The van der Waals surface area contributed by atoms with Gasteiger partial charge in [-0.15, -0.1) is 0 Å². The molecule has 4 rings (SSSR count).